The third-order valence-electron chi connectivity index (χ3n) is 7.18. The van der Waals surface area contributed by atoms with Crippen molar-refractivity contribution < 1.29 is 23.2 Å². The molecule has 1 aliphatic heterocycles. The van der Waals surface area contributed by atoms with Crippen molar-refractivity contribution in [3.05, 3.63) is 65.0 Å². The summed E-state index contributed by atoms with van der Waals surface area (Å²) in [6.45, 7) is 0.982. The van der Waals surface area contributed by atoms with Crippen LogP contribution in [0.5, 0.6) is 0 Å². The highest BCUT2D eigenvalue weighted by Gasteiger charge is 2.37. The van der Waals surface area contributed by atoms with Gasteiger partial charge in [-0.15, -0.1) is 0 Å². The second-order valence-corrected chi connectivity index (χ2v) is 9.49. The standard InChI is InChI=1S/C26H25F2N5O3/c27-19-8-16(12-29)7-18(9-19)23-5-6-36-33(23)26(35)17-3-1-15(2-4-17)13-32-14-31-22-11-21(28)20(25(30)34)10-24(22)32/h7-11,14-15,17,23H,1-6,13H2,(H2,30,34)/t15?,17?,23-/m0/s1. The second kappa shape index (κ2) is 9.66. The summed E-state index contributed by atoms with van der Waals surface area (Å²) in [5.74, 6) is -2.07. The summed E-state index contributed by atoms with van der Waals surface area (Å²) in [6.07, 6.45) is 5.13. The van der Waals surface area contributed by atoms with Gasteiger partial charge in [-0.2, -0.15) is 5.26 Å². The van der Waals surface area contributed by atoms with Gasteiger partial charge in [0.1, 0.15) is 11.6 Å². The van der Waals surface area contributed by atoms with E-state index in [9.17, 15) is 18.4 Å². The van der Waals surface area contributed by atoms with E-state index in [1.807, 2.05) is 10.6 Å². The molecule has 2 heterocycles. The van der Waals surface area contributed by atoms with E-state index < -0.39 is 23.6 Å². The van der Waals surface area contributed by atoms with Crippen molar-refractivity contribution in [2.24, 2.45) is 17.6 Å². The number of hydrogen-bond donors (Lipinski definition) is 1. The minimum absolute atomic E-state index is 0.117. The van der Waals surface area contributed by atoms with Gasteiger partial charge in [0, 0.05) is 24.9 Å². The van der Waals surface area contributed by atoms with Gasteiger partial charge in [-0.1, -0.05) is 0 Å². The molecule has 2 amide bonds. The number of carbonyl (C=O) groups is 2. The Morgan fingerprint density at radius 1 is 1.11 bits per heavy atom. The molecule has 5 rings (SSSR count). The number of hydroxylamine groups is 2. The Hall–Kier alpha value is -3.84. The molecule has 0 radical (unpaired) electrons. The van der Waals surface area contributed by atoms with Crippen molar-refractivity contribution in [3.8, 4) is 6.07 Å². The molecule has 186 valence electrons. The number of hydrogen-bond acceptors (Lipinski definition) is 5. The largest absolute Gasteiger partial charge is 0.366 e. The molecule has 1 aliphatic carbocycles. The second-order valence-electron chi connectivity index (χ2n) is 9.49. The lowest BCUT2D eigenvalue weighted by Gasteiger charge is -2.32. The normalized spacial score (nSPS) is 22.0. The minimum atomic E-state index is -0.828. The van der Waals surface area contributed by atoms with Crippen LogP contribution < -0.4 is 5.73 Å². The number of rotatable bonds is 5. The van der Waals surface area contributed by atoms with Crippen molar-refractivity contribution in [2.45, 2.75) is 44.7 Å². The number of carbonyl (C=O) groups excluding carboxylic acids is 2. The molecule has 36 heavy (non-hydrogen) atoms. The first-order valence-electron chi connectivity index (χ1n) is 11.9. The third kappa shape index (κ3) is 4.54. The smallest absolute Gasteiger partial charge is 0.251 e. The van der Waals surface area contributed by atoms with Crippen LogP contribution in [0.2, 0.25) is 0 Å². The molecule has 1 saturated heterocycles. The number of fused-ring (bicyclic) bond motifs is 1. The zero-order valence-corrected chi connectivity index (χ0v) is 19.5. The number of benzene rings is 2. The number of nitrogens with zero attached hydrogens (tertiary/aromatic N) is 4. The first-order valence-corrected chi connectivity index (χ1v) is 11.9. The van der Waals surface area contributed by atoms with Gasteiger partial charge in [-0.3, -0.25) is 14.4 Å². The number of amides is 2. The third-order valence-corrected chi connectivity index (χ3v) is 7.18. The van der Waals surface area contributed by atoms with Crippen LogP contribution in [0.15, 0.2) is 36.7 Å². The number of aromatic nitrogens is 2. The fourth-order valence-electron chi connectivity index (χ4n) is 5.32. The van der Waals surface area contributed by atoms with Gasteiger partial charge < -0.3 is 10.3 Å². The molecule has 0 bridgehead atoms. The average molecular weight is 494 g/mol. The maximum atomic E-state index is 14.0. The first kappa shape index (κ1) is 23.9. The monoisotopic (exact) mass is 493 g/mol. The van der Waals surface area contributed by atoms with Crippen molar-refractivity contribution in [1.82, 2.24) is 14.6 Å². The van der Waals surface area contributed by atoms with Gasteiger partial charge >= 0.3 is 0 Å². The molecule has 1 aromatic heterocycles. The first-order chi connectivity index (χ1) is 17.3. The van der Waals surface area contributed by atoms with Crippen LogP contribution in [-0.4, -0.2) is 33.0 Å². The van der Waals surface area contributed by atoms with E-state index >= 15 is 0 Å². The van der Waals surface area contributed by atoms with E-state index in [4.69, 9.17) is 15.8 Å². The molecule has 1 atom stereocenters. The minimum Gasteiger partial charge on any atom is -0.366 e. The molecule has 0 spiro atoms. The van der Waals surface area contributed by atoms with Crippen LogP contribution >= 0.6 is 0 Å². The van der Waals surface area contributed by atoms with Crippen molar-refractivity contribution in [1.29, 1.82) is 5.26 Å². The molecule has 3 aromatic rings. The molecule has 10 heteroatoms. The predicted molar refractivity (Wildman–Crippen MR) is 125 cm³/mol. The summed E-state index contributed by atoms with van der Waals surface area (Å²) in [4.78, 5) is 34.7. The Balaban J connectivity index is 1.24. The lowest BCUT2D eigenvalue weighted by atomic mass is 9.81. The van der Waals surface area contributed by atoms with Gasteiger partial charge in [-0.05, 0) is 61.4 Å². The van der Waals surface area contributed by atoms with E-state index in [1.165, 1.54) is 29.3 Å². The lowest BCUT2D eigenvalue weighted by molar-refractivity contribution is -0.183. The van der Waals surface area contributed by atoms with Crippen LogP contribution in [0.1, 0.15) is 59.6 Å². The van der Waals surface area contributed by atoms with Crippen LogP contribution in [0.25, 0.3) is 11.0 Å². The van der Waals surface area contributed by atoms with Crippen LogP contribution in [0.4, 0.5) is 8.78 Å². The Kier molecular flexibility index (Phi) is 6.41. The quantitative estimate of drug-likeness (QED) is 0.577. The average Bonchev–Trinajstić information content (AvgIpc) is 3.50. The summed E-state index contributed by atoms with van der Waals surface area (Å²) in [6, 6.07) is 8.30. The van der Waals surface area contributed by atoms with E-state index in [0.29, 0.717) is 49.0 Å². The van der Waals surface area contributed by atoms with Gasteiger partial charge in [-0.25, -0.2) is 18.8 Å². The molecular weight excluding hydrogens is 468 g/mol. The fraction of sp³-hybridized carbons (Fsp3) is 0.385. The van der Waals surface area contributed by atoms with E-state index in [0.717, 1.165) is 12.8 Å². The Morgan fingerprint density at radius 2 is 1.89 bits per heavy atom. The summed E-state index contributed by atoms with van der Waals surface area (Å²) in [7, 11) is 0. The number of halogens is 2. The van der Waals surface area contributed by atoms with E-state index in [2.05, 4.69) is 4.98 Å². The molecule has 2 N–H and O–H groups in total. The summed E-state index contributed by atoms with van der Waals surface area (Å²) >= 11 is 0. The van der Waals surface area contributed by atoms with Crippen LogP contribution in [0.3, 0.4) is 0 Å². The predicted octanol–water partition coefficient (Wildman–Crippen LogP) is 4.00. The van der Waals surface area contributed by atoms with Gasteiger partial charge in [0.25, 0.3) is 5.91 Å². The number of primary amides is 1. The molecule has 2 fully saturated rings. The van der Waals surface area contributed by atoms with Gasteiger partial charge in [0.2, 0.25) is 5.91 Å². The Morgan fingerprint density at radius 3 is 2.61 bits per heavy atom. The molecule has 8 nitrogen and oxygen atoms in total. The SMILES string of the molecule is N#Cc1cc(F)cc([C@@H]2CCON2C(=O)C2CCC(Cn3cnc4cc(F)c(C(N)=O)cc43)CC2)c1. The van der Waals surface area contributed by atoms with Crippen molar-refractivity contribution in [3.63, 3.8) is 0 Å². The van der Waals surface area contributed by atoms with Gasteiger partial charge in [0.05, 0.1) is 47.2 Å². The van der Waals surface area contributed by atoms with Crippen LogP contribution in [-0.2, 0) is 16.2 Å². The number of nitriles is 1. The van der Waals surface area contributed by atoms with Gasteiger partial charge in [0.15, 0.2) is 0 Å². The van der Waals surface area contributed by atoms with E-state index in [1.54, 1.807) is 12.4 Å². The molecule has 2 aliphatic rings. The molecule has 2 aromatic carbocycles. The number of imidazole rings is 1. The Labute approximate surface area is 206 Å². The molecule has 0 unspecified atom stereocenters. The summed E-state index contributed by atoms with van der Waals surface area (Å²) in [5.41, 5.74) is 6.98. The highest BCUT2D eigenvalue weighted by molar-refractivity contribution is 5.96. The van der Waals surface area contributed by atoms with Crippen molar-refractivity contribution >= 4 is 22.8 Å². The highest BCUT2D eigenvalue weighted by Crippen LogP contribution is 2.37. The maximum absolute atomic E-state index is 14.0. The zero-order chi connectivity index (χ0) is 25.4. The fourth-order valence-corrected chi connectivity index (χ4v) is 5.32. The maximum Gasteiger partial charge on any atom is 0.251 e. The zero-order valence-electron chi connectivity index (χ0n) is 19.5. The Bertz CT molecular complexity index is 1370. The van der Waals surface area contributed by atoms with Crippen molar-refractivity contribution in [2.75, 3.05) is 6.61 Å². The number of nitrogens with two attached hydrogens (primary N) is 1. The highest BCUT2D eigenvalue weighted by atomic mass is 19.1. The molecular formula is C26H25F2N5O3. The lowest BCUT2D eigenvalue weighted by Crippen LogP contribution is -2.37. The summed E-state index contributed by atoms with van der Waals surface area (Å²) < 4.78 is 29.9. The van der Waals surface area contributed by atoms with E-state index in [-0.39, 0.29) is 28.9 Å². The van der Waals surface area contributed by atoms with Crippen LogP contribution in [0, 0.1) is 34.8 Å². The molecule has 1 saturated carbocycles. The topological polar surface area (TPSA) is 114 Å². The summed E-state index contributed by atoms with van der Waals surface area (Å²) in [5, 5.41) is 10.5.